The van der Waals surface area contributed by atoms with Crippen molar-refractivity contribution in [2.45, 2.75) is 24.7 Å². The molecule has 1 unspecified atom stereocenters. The summed E-state index contributed by atoms with van der Waals surface area (Å²) in [4.78, 5) is 31.9. The van der Waals surface area contributed by atoms with Crippen LogP contribution in [0.15, 0.2) is 36.5 Å². The number of hydrogen-bond donors (Lipinski definition) is 1. The van der Waals surface area contributed by atoms with E-state index in [9.17, 15) is 9.59 Å². The van der Waals surface area contributed by atoms with Crippen molar-refractivity contribution in [2.24, 2.45) is 5.92 Å². The van der Waals surface area contributed by atoms with Gasteiger partial charge in [0.25, 0.3) is 0 Å². The lowest BCUT2D eigenvalue weighted by atomic mass is 9.72. The molecule has 5 rings (SSSR count). The van der Waals surface area contributed by atoms with Gasteiger partial charge >= 0.3 is 0 Å². The van der Waals surface area contributed by atoms with Gasteiger partial charge in [-0.05, 0) is 42.5 Å². The topological polar surface area (TPSA) is 65.5 Å². The van der Waals surface area contributed by atoms with E-state index < -0.39 is 0 Å². The number of amides is 1. The van der Waals surface area contributed by atoms with Crippen LogP contribution in [0.3, 0.4) is 0 Å². The molecule has 7 heteroatoms. The standard InChI is InChI=1S/C23H25ClN4O2/c24-19-7-8-25-22-21(19)23(15-26-22,16-5-6-16)17-3-1-4-18(13-17)28-11-10-27(9-2-12-29)14-20(28)30/h1,3-4,7-8,12-13,16H,2,5-6,9-11,14-15H2,(H,25,26). The van der Waals surface area contributed by atoms with E-state index >= 15 is 0 Å². The van der Waals surface area contributed by atoms with Crippen molar-refractivity contribution in [1.82, 2.24) is 9.88 Å². The number of benzene rings is 1. The molecule has 0 spiro atoms. The largest absolute Gasteiger partial charge is 0.369 e. The van der Waals surface area contributed by atoms with Gasteiger partial charge in [-0.25, -0.2) is 4.98 Å². The van der Waals surface area contributed by atoms with E-state index in [1.54, 1.807) is 6.20 Å². The van der Waals surface area contributed by atoms with E-state index in [4.69, 9.17) is 11.6 Å². The summed E-state index contributed by atoms with van der Waals surface area (Å²) < 4.78 is 0. The number of pyridine rings is 1. The molecule has 3 heterocycles. The summed E-state index contributed by atoms with van der Waals surface area (Å²) in [5.74, 6) is 1.48. The Morgan fingerprint density at radius 2 is 2.13 bits per heavy atom. The van der Waals surface area contributed by atoms with Gasteiger partial charge < -0.3 is 15.0 Å². The summed E-state index contributed by atoms with van der Waals surface area (Å²) in [6, 6.07) is 10.3. The van der Waals surface area contributed by atoms with Gasteiger partial charge in [-0.3, -0.25) is 9.69 Å². The highest BCUT2D eigenvalue weighted by Gasteiger charge is 2.53. The molecule has 30 heavy (non-hydrogen) atoms. The average molecular weight is 425 g/mol. The molecule has 1 amide bonds. The van der Waals surface area contributed by atoms with Crippen LogP contribution in [0.5, 0.6) is 0 Å². The number of hydrogen-bond acceptors (Lipinski definition) is 5. The number of anilines is 2. The number of aromatic nitrogens is 1. The summed E-state index contributed by atoms with van der Waals surface area (Å²) in [6.07, 6.45) is 5.46. The van der Waals surface area contributed by atoms with E-state index in [-0.39, 0.29) is 11.3 Å². The van der Waals surface area contributed by atoms with Crippen LogP contribution in [0.1, 0.15) is 30.4 Å². The van der Waals surface area contributed by atoms with E-state index in [2.05, 4.69) is 22.4 Å². The van der Waals surface area contributed by atoms with Gasteiger partial charge in [0.1, 0.15) is 12.1 Å². The SMILES string of the molecule is O=CCCN1CCN(c2cccc(C3(C4CC4)CNc4nccc(Cl)c43)c2)C(=O)C1. The molecule has 3 aliphatic rings. The van der Waals surface area contributed by atoms with E-state index in [0.29, 0.717) is 32.0 Å². The zero-order valence-corrected chi connectivity index (χ0v) is 17.6. The summed E-state index contributed by atoms with van der Waals surface area (Å²) >= 11 is 6.67. The first kappa shape index (κ1) is 19.5. The minimum atomic E-state index is -0.203. The van der Waals surface area contributed by atoms with Crippen LogP contribution in [0.25, 0.3) is 0 Å². The molecule has 2 aromatic rings. The lowest BCUT2D eigenvalue weighted by molar-refractivity contribution is -0.121. The van der Waals surface area contributed by atoms with Crippen LogP contribution in [-0.2, 0) is 15.0 Å². The van der Waals surface area contributed by atoms with E-state index in [1.165, 1.54) is 18.4 Å². The van der Waals surface area contributed by atoms with Gasteiger partial charge in [-0.1, -0.05) is 23.7 Å². The molecule has 0 radical (unpaired) electrons. The normalized spacial score (nSPS) is 23.9. The lowest BCUT2D eigenvalue weighted by Crippen LogP contribution is -2.50. The first-order valence-corrected chi connectivity index (χ1v) is 11.0. The van der Waals surface area contributed by atoms with Crippen molar-refractivity contribution in [2.75, 3.05) is 42.9 Å². The molecule has 2 aliphatic heterocycles. The third kappa shape index (κ3) is 3.19. The Hall–Kier alpha value is -2.44. The predicted molar refractivity (Wildman–Crippen MR) is 117 cm³/mol. The Bertz CT molecular complexity index is 993. The van der Waals surface area contributed by atoms with Crippen molar-refractivity contribution in [1.29, 1.82) is 0 Å². The zero-order valence-electron chi connectivity index (χ0n) is 16.8. The summed E-state index contributed by atoms with van der Waals surface area (Å²) in [7, 11) is 0. The number of halogens is 1. The van der Waals surface area contributed by atoms with Gasteiger partial charge in [-0.2, -0.15) is 0 Å². The molecule has 1 atom stereocenters. The predicted octanol–water partition coefficient (Wildman–Crippen LogP) is 3.09. The third-order valence-electron chi connectivity index (χ3n) is 6.69. The molecular weight excluding hydrogens is 400 g/mol. The number of fused-ring (bicyclic) bond motifs is 1. The Morgan fingerprint density at radius 1 is 1.27 bits per heavy atom. The molecule has 1 N–H and O–H groups in total. The number of carbonyl (C=O) groups is 2. The number of aldehydes is 1. The highest BCUT2D eigenvalue weighted by atomic mass is 35.5. The molecular formula is C23H25ClN4O2. The first-order chi connectivity index (χ1) is 14.6. The van der Waals surface area contributed by atoms with Gasteiger partial charge in [0, 0.05) is 60.5 Å². The summed E-state index contributed by atoms with van der Waals surface area (Å²) in [5, 5.41) is 4.23. The van der Waals surface area contributed by atoms with Gasteiger partial charge in [0.15, 0.2) is 0 Å². The quantitative estimate of drug-likeness (QED) is 0.722. The summed E-state index contributed by atoms with van der Waals surface area (Å²) in [6.45, 7) is 3.18. The molecule has 156 valence electrons. The van der Waals surface area contributed by atoms with Crippen LogP contribution in [0.2, 0.25) is 5.02 Å². The molecule has 0 bridgehead atoms. The number of piperazine rings is 1. The monoisotopic (exact) mass is 424 g/mol. The Kier molecular flexibility index (Phi) is 4.99. The number of nitrogens with one attached hydrogen (secondary N) is 1. The minimum Gasteiger partial charge on any atom is -0.369 e. The third-order valence-corrected chi connectivity index (χ3v) is 7.01. The van der Waals surface area contributed by atoms with Crippen LogP contribution in [-0.4, -0.2) is 54.8 Å². The second-order valence-electron chi connectivity index (χ2n) is 8.44. The fourth-order valence-corrected chi connectivity index (χ4v) is 5.40. The second kappa shape index (κ2) is 7.67. The molecule has 2 fully saturated rings. The molecule has 6 nitrogen and oxygen atoms in total. The van der Waals surface area contributed by atoms with Crippen LogP contribution < -0.4 is 10.2 Å². The smallest absolute Gasteiger partial charge is 0.241 e. The maximum Gasteiger partial charge on any atom is 0.241 e. The number of rotatable bonds is 6. The Morgan fingerprint density at radius 3 is 2.90 bits per heavy atom. The van der Waals surface area contributed by atoms with Crippen LogP contribution in [0.4, 0.5) is 11.5 Å². The highest BCUT2D eigenvalue weighted by molar-refractivity contribution is 6.32. The fraction of sp³-hybridized carbons (Fsp3) is 0.435. The van der Waals surface area contributed by atoms with Crippen molar-refractivity contribution < 1.29 is 9.59 Å². The van der Waals surface area contributed by atoms with E-state index in [0.717, 1.165) is 41.5 Å². The summed E-state index contributed by atoms with van der Waals surface area (Å²) in [5.41, 5.74) is 3.02. The minimum absolute atomic E-state index is 0.0782. The lowest BCUT2D eigenvalue weighted by Gasteiger charge is -2.35. The zero-order chi connectivity index (χ0) is 20.7. The van der Waals surface area contributed by atoms with Gasteiger partial charge in [-0.15, -0.1) is 0 Å². The Balaban J connectivity index is 1.47. The van der Waals surface area contributed by atoms with Crippen LogP contribution in [0, 0.1) is 5.92 Å². The average Bonchev–Trinajstić information content (AvgIpc) is 3.53. The molecule has 1 aromatic carbocycles. The van der Waals surface area contributed by atoms with Crippen molar-refractivity contribution in [3.05, 3.63) is 52.7 Å². The first-order valence-electron chi connectivity index (χ1n) is 10.6. The molecule has 1 aliphatic carbocycles. The van der Waals surface area contributed by atoms with Crippen molar-refractivity contribution in [3.63, 3.8) is 0 Å². The van der Waals surface area contributed by atoms with Crippen molar-refractivity contribution in [3.8, 4) is 0 Å². The molecule has 1 aromatic heterocycles. The van der Waals surface area contributed by atoms with E-state index in [1.807, 2.05) is 28.0 Å². The van der Waals surface area contributed by atoms with Gasteiger partial charge in [0.05, 0.1) is 6.54 Å². The molecule has 1 saturated heterocycles. The fourth-order valence-electron chi connectivity index (χ4n) is 5.09. The highest BCUT2D eigenvalue weighted by Crippen LogP contribution is 2.57. The van der Waals surface area contributed by atoms with Crippen LogP contribution >= 0.6 is 11.6 Å². The van der Waals surface area contributed by atoms with Gasteiger partial charge in [0.2, 0.25) is 5.91 Å². The maximum absolute atomic E-state index is 12.8. The van der Waals surface area contributed by atoms with Crippen molar-refractivity contribution >= 4 is 35.3 Å². The number of nitrogens with zero attached hydrogens (tertiary/aromatic N) is 3. The number of carbonyl (C=O) groups excluding carboxylic acids is 2. The Labute approximate surface area is 181 Å². The second-order valence-corrected chi connectivity index (χ2v) is 8.85. The molecule has 1 saturated carbocycles. The maximum atomic E-state index is 12.8.